The van der Waals surface area contributed by atoms with Crippen molar-refractivity contribution in [2.45, 2.75) is 44.8 Å². The molecule has 1 aliphatic heterocycles. The van der Waals surface area contributed by atoms with Crippen molar-refractivity contribution >= 4 is 0 Å². The van der Waals surface area contributed by atoms with Gasteiger partial charge in [-0.15, -0.1) is 5.10 Å². The van der Waals surface area contributed by atoms with Crippen LogP contribution < -0.4 is 5.56 Å². The van der Waals surface area contributed by atoms with E-state index in [9.17, 15) is 18.0 Å². The average molecular weight is 389 g/mol. The van der Waals surface area contributed by atoms with E-state index < -0.39 is 17.3 Å². The lowest BCUT2D eigenvalue weighted by molar-refractivity contribution is -0.137. The minimum absolute atomic E-state index is 0.273. The van der Waals surface area contributed by atoms with E-state index >= 15 is 0 Å². The molecule has 3 heterocycles. The van der Waals surface area contributed by atoms with Gasteiger partial charge in [0.05, 0.1) is 16.8 Å². The van der Waals surface area contributed by atoms with E-state index in [-0.39, 0.29) is 5.56 Å². The fourth-order valence-corrected chi connectivity index (χ4v) is 3.81. The molecule has 3 aromatic rings. The molecule has 0 bridgehead atoms. The van der Waals surface area contributed by atoms with Crippen LogP contribution in [0.5, 0.6) is 0 Å². The Morgan fingerprint density at radius 1 is 1.21 bits per heavy atom. The van der Waals surface area contributed by atoms with Crippen LogP contribution in [0.4, 0.5) is 13.2 Å². The smallest absolute Gasteiger partial charge is 0.311 e. The quantitative estimate of drug-likeness (QED) is 0.728. The number of rotatable bonds is 2. The highest BCUT2D eigenvalue weighted by Crippen LogP contribution is 2.39. The Hall–Kier alpha value is -2.97. The number of halogens is 3. The second kappa shape index (κ2) is 6.29. The zero-order chi connectivity index (χ0) is 20.1. The van der Waals surface area contributed by atoms with Crippen LogP contribution in [0.25, 0.3) is 11.4 Å². The molecule has 1 atom stereocenters. The molecule has 146 valence electrons. The number of nitrogens with one attached hydrogen (secondary N) is 1. The summed E-state index contributed by atoms with van der Waals surface area (Å²) in [5, 5.41) is 8.53. The van der Waals surface area contributed by atoms with Crippen LogP contribution in [-0.2, 0) is 18.1 Å². The lowest BCUT2D eigenvalue weighted by Crippen LogP contribution is -2.37. The van der Waals surface area contributed by atoms with Gasteiger partial charge in [-0.1, -0.05) is 17.3 Å². The van der Waals surface area contributed by atoms with Crippen LogP contribution in [0.15, 0.2) is 35.1 Å². The van der Waals surface area contributed by atoms with Crippen LogP contribution >= 0.6 is 0 Å². The van der Waals surface area contributed by atoms with Gasteiger partial charge in [-0.05, 0) is 50.8 Å². The maximum absolute atomic E-state index is 12.9. The van der Waals surface area contributed by atoms with Gasteiger partial charge in [-0.3, -0.25) is 4.79 Å². The molecule has 0 amide bonds. The summed E-state index contributed by atoms with van der Waals surface area (Å²) in [4.78, 5) is 18.7. The van der Waals surface area contributed by atoms with Crippen LogP contribution in [-0.4, -0.2) is 25.0 Å². The van der Waals surface area contributed by atoms with Crippen LogP contribution in [0.3, 0.4) is 0 Å². The molecular weight excluding hydrogens is 371 g/mol. The first-order valence-electron chi connectivity index (χ1n) is 8.89. The monoisotopic (exact) mass is 389 g/mol. The third-order valence-electron chi connectivity index (χ3n) is 5.24. The van der Waals surface area contributed by atoms with Crippen molar-refractivity contribution in [2.75, 3.05) is 0 Å². The molecule has 0 aliphatic carbocycles. The Morgan fingerprint density at radius 3 is 2.57 bits per heavy atom. The molecule has 1 aromatic carbocycles. The highest BCUT2D eigenvalue weighted by molar-refractivity contribution is 5.57. The first kappa shape index (κ1) is 18.4. The SMILES string of the molecule is Cc1nc(-c2nnn3c2CCC[C@]3(C)c2ccc(C(F)(F)F)cc2)cc(=O)[nH]1. The van der Waals surface area contributed by atoms with Crippen molar-refractivity contribution in [1.82, 2.24) is 25.0 Å². The predicted octanol–water partition coefficient (Wildman–Crippen LogP) is 3.46. The molecule has 0 saturated heterocycles. The number of hydrogen-bond donors (Lipinski definition) is 1. The lowest BCUT2D eigenvalue weighted by atomic mass is 9.83. The predicted molar refractivity (Wildman–Crippen MR) is 95.7 cm³/mol. The molecule has 0 unspecified atom stereocenters. The molecule has 0 spiro atoms. The lowest BCUT2D eigenvalue weighted by Gasteiger charge is -2.35. The highest BCUT2D eigenvalue weighted by Gasteiger charge is 2.38. The molecule has 1 aliphatic rings. The number of H-pyrrole nitrogens is 1. The van der Waals surface area contributed by atoms with Gasteiger partial charge in [0.15, 0.2) is 0 Å². The molecule has 0 saturated carbocycles. The average Bonchev–Trinajstić information content (AvgIpc) is 3.06. The van der Waals surface area contributed by atoms with Gasteiger partial charge in [-0.2, -0.15) is 13.2 Å². The summed E-state index contributed by atoms with van der Waals surface area (Å²) < 4.78 is 40.4. The molecule has 0 fully saturated rings. The Kier molecular flexibility index (Phi) is 4.13. The van der Waals surface area contributed by atoms with Gasteiger partial charge in [0.2, 0.25) is 0 Å². The largest absolute Gasteiger partial charge is 0.416 e. The summed E-state index contributed by atoms with van der Waals surface area (Å²) >= 11 is 0. The van der Waals surface area contributed by atoms with E-state index in [0.29, 0.717) is 23.6 Å². The topological polar surface area (TPSA) is 76.5 Å². The molecule has 2 aromatic heterocycles. The summed E-state index contributed by atoms with van der Waals surface area (Å²) in [5.41, 5.74) is 0.952. The highest BCUT2D eigenvalue weighted by atomic mass is 19.4. The number of nitrogens with zero attached hydrogens (tertiary/aromatic N) is 4. The van der Waals surface area contributed by atoms with Crippen molar-refractivity contribution in [3.63, 3.8) is 0 Å². The van der Waals surface area contributed by atoms with Crippen molar-refractivity contribution in [3.05, 3.63) is 63.3 Å². The van der Waals surface area contributed by atoms with E-state index in [0.717, 1.165) is 36.2 Å². The summed E-state index contributed by atoms with van der Waals surface area (Å²) in [6, 6.07) is 6.55. The minimum atomic E-state index is -4.37. The Balaban J connectivity index is 1.79. The molecular formula is C19H18F3N5O. The Labute approximate surface area is 158 Å². The first-order chi connectivity index (χ1) is 13.2. The maximum atomic E-state index is 12.9. The van der Waals surface area contributed by atoms with Gasteiger partial charge in [0.1, 0.15) is 17.2 Å². The second-order valence-corrected chi connectivity index (χ2v) is 7.22. The van der Waals surface area contributed by atoms with Gasteiger partial charge in [0, 0.05) is 6.07 Å². The van der Waals surface area contributed by atoms with Crippen LogP contribution in [0, 0.1) is 6.92 Å². The molecule has 0 radical (unpaired) electrons. The van der Waals surface area contributed by atoms with Crippen LogP contribution in [0.2, 0.25) is 0 Å². The van der Waals surface area contributed by atoms with Gasteiger partial charge in [-0.25, -0.2) is 9.67 Å². The summed E-state index contributed by atoms with van der Waals surface area (Å²) in [6.45, 7) is 3.63. The van der Waals surface area contributed by atoms with Gasteiger partial charge in [0.25, 0.3) is 5.56 Å². The fraction of sp³-hybridized carbons (Fsp3) is 0.368. The summed E-state index contributed by atoms with van der Waals surface area (Å²) in [7, 11) is 0. The zero-order valence-electron chi connectivity index (χ0n) is 15.3. The van der Waals surface area contributed by atoms with Crippen molar-refractivity contribution in [1.29, 1.82) is 0 Å². The number of fused-ring (bicyclic) bond motifs is 1. The number of aryl methyl sites for hydroxylation is 1. The molecule has 28 heavy (non-hydrogen) atoms. The maximum Gasteiger partial charge on any atom is 0.416 e. The zero-order valence-corrected chi connectivity index (χ0v) is 15.3. The van der Waals surface area contributed by atoms with E-state index in [1.165, 1.54) is 18.2 Å². The molecule has 6 nitrogen and oxygen atoms in total. The van der Waals surface area contributed by atoms with E-state index in [1.807, 2.05) is 6.92 Å². The molecule has 9 heteroatoms. The normalized spacial score (nSPS) is 19.5. The third kappa shape index (κ3) is 3.00. The van der Waals surface area contributed by atoms with Crippen molar-refractivity contribution < 1.29 is 13.2 Å². The number of hydrogen-bond acceptors (Lipinski definition) is 4. The van der Waals surface area contributed by atoms with Crippen molar-refractivity contribution in [2.24, 2.45) is 0 Å². The third-order valence-corrected chi connectivity index (χ3v) is 5.24. The number of benzene rings is 1. The van der Waals surface area contributed by atoms with E-state index in [2.05, 4.69) is 20.3 Å². The molecule has 1 N–H and O–H groups in total. The van der Waals surface area contributed by atoms with E-state index in [4.69, 9.17) is 0 Å². The number of alkyl halides is 3. The standard InChI is InChI=1S/C19H18F3N5O/c1-11-23-14(10-16(28)24-11)17-15-4-3-9-18(2,27(15)26-25-17)12-5-7-13(8-6-12)19(20,21)22/h5-8,10H,3-4,9H2,1-2H3,(H,23,24,28)/t18-/m1/s1. The van der Waals surface area contributed by atoms with Crippen molar-refractivity contribution in [3.8, 4) is 11.4 Å². The van der Waals surface area contributed by atoms with Gasteiger partial charge >= 0.3 is 6.18 Å². The van der Waals surface area contributed by atoms with Crippen LogP contribution in [0.1, 0.15) is 42.4 Å². The molecule has 4 rings (SSSR count). The summed E-state index contributed by atoms with van der Waals surface area (Å²) in [6.07, 6.45) is -2.14. The minimum Gasteiger partial charge on any atom is -0.311 e. The number of aromatic nitrogens is 5. The number of aromatic amines is 1. The fourth-order valence-electron chi connectivity index (χ4n) is 3.81. The Bertz CT molecular complexity index is 1080. The Morgan fingerprint density at radius 2 is 1.93 bits per heavy atom. The van der Waals surface area contributed by atoms with E-state index in [1.54, 1.807) is 11.6 Å². The van der Waals surface area contributed by atoms with Gasteiger partial charge < -0.3 is 4.98 Å². The summed E-state index contributed by atoms with van der Waals surface area (Å²) in [5.74, 6) is 0.477. The first-order valence-corrected chi connectivity index (χ1v) is 8.89. The second-order valence-electron chi connectivity index (χ2n) is 7.22.